The van der Waals surface area contributed by atoms with Crippen molar-refractivity contribution < 1.29 is 9.53 Å². The van der Waals surface area contributed by atoms with E-state index in [0.29, 0.717) is 50.9 Å². The van der Waals surface area contributed by atoms with Crippen LogP contribution in [-0.4, -0.2) is 96.7 Å². The lowest BCUT2D eigenvalue weighted by molar-refractivity contribution is -0.128. The van der Waals surface area contributed by atoms with E-state index in [2.05, 4.69) is 96.5 Å². The molecule has 3 aliphatic rings. The van der Waals surface area contributed by atoms with Crippen LogP contribution in [0.4, 0.5) is 17.2 Å². The number of likely N-dealkylation sites (N-methyl/N-ethyl adjacent to an activating group) is 1. The second-order valence-electron chi connectivity index (χ2n) is 13.1. The van der Waals surface area contributed by atoms with Crippen LogP contribution in [0.2, 0.25) is 0 Å². The summed E-state index contributed by atoms with van der Waals surface area (Å²) in [4.78, 5) is 34.0. The van der Waals surface area contributed by atoms with Crippen LogP contribution < -0.4 is 19.4 Å². The van der Waals surface area contributed by atoms with E-state index in [0.717, 1.165) is 43.3 Å². The number of piperazine rings is 1. The highest BCUT2D eigenvalue weighted by Gasteiger charge is 2.35. The zero-order chi connectivity index (χ0) is 32.4. The number of rotatable bonds is 8. The summed E-state index contributed by atoms with van der Waals surface area (Å²) in [6.45, 7) is 15.8. The van der Waals surface area contributed by atoms with Crippen LogP contribution in [0.25, 0.3) is 10.8 Å². The van der Waals surface area contributed by atoms with Gasteiger partial charge in [0.25, 0.3) is 0 Å². The molecule has 0 N–H and O–H groups in total. The Labute approximate surface area is 272 Å². The van der Waals surface area contributed by atoms with Crippen LogP contribution in [0.15, 0.2) is 49.1 Å². The zero-order valence-corrected chi connectivity index (χ0v) is 27.7. The van der Waals surface area contributed by atoms with Crippen molar-refractivity contribution in [3.8, 4) is 12.1 Å². The summed E-state index contributed by atoms with van der Waals surface area (Å²) in [6, 6.07) is 16.2. The Morgan fingerprint density at radius 3 is 2.63 bits per heavy atom. The topological polar surface area (TPSA) is 92.1 Å². The smallest absolute Gasteiger partial charge is 0.318 e. The third-order valence-electron chi connectivity index (χ3n) is 9.83. The van der Waals surface area contributed by atoms with Crippen molar-refractivity contribution in [1.29, 1.82) is 5.26 Å². The minimum Gasteiger partial charge on any atom is -0.462 e. The van der Waals surface area contributed by atoms with E-state index >= 15 is 0 Å². The van der Waals surface area contributed by atoms with Crippen LogP contribution in [0, 0.1) is 18.3 Å². The number of nitrogens with zero attached hydrogens (tertiary/aromatic N) is 8. The molecule has 0 saturated carbocycles. The number of carbonyl (C=O) groups excluding carboxylic acids is 1. The number of carbonyl (C=O) groups is 1. The number of ether oxygens (including phenoxy) is 1. The molecule has 2 aromatic carbocycles. The maximum absolute atomic E-state index is 12.7. The van der Waals surface area contributed by atoms with E-state index in [9.17, 15) is 10.1 Å². The number of likely N-dealkylation sites (tertiary alicyclic amines) is 1. The van der Waals surface area contributed by atoms with Crippen molar-refractivity contribution in [3.05, 3.63) is 60.3 Å². The first-order valence-corrected chi connectivity index (χ1v) is 16.6. The summed E-state index contributed by atoms with van der Waals surface area (Å²) in [5.74, 6) is 0.661. The van der Waals surface area contributed by atoms with Gasteiger partial charge in [-0.25, -0.2) is 0 Å². The summed E-state index contributed by atoms with van der Waals surface area (Å²) in [7, 11) is 2.10. The van der Waals surface area contributed by atoms with Gasteiger partial charge in [0, 0.05) is 62.9 Å². The molecular weight excluding hydrogens is 576 g/mol. The predicted octanol–water partition coefficient (Wildman–Crippen LogP) is 4.76. The van der Waals surface area contributed by atoms with Crippen molar-refractivity contribution >= 4 is 33.9 Å². The first-order chi connectivity index (χ1) is 22.3. The fraction of sp³-hybridized carbons (Fsp3) is 0.500. The van der Waals surface area contributed by atoms with Gasteiger partial charge in [-0.15, -0.1) is 0 Å². The average Bonchev–Trinajstić information content (AvgIpc) is 3.47. The molecule has 1 amide bonds. The number of aryl methyl sites for hydroxylation is 1. The van der Waals surface area contributed by atoms with Gasteiger partial charge in [0.15, 0.2) is 5.82 Å². The molecule has 0 aliphatic carbocycles. The fourth-order valence-electron chi connectivity index (χ4n) is 7.49. The molecule has 1 aromatic heterocycles. The van der Waals surface area contributed by atoms with E-state index in [1.807, 2.05) is 0 Å². The molecule has 10 nitrogen and oxygen atoms in total. The largest absolute Gasteiger partial charge is 0.462 e. The van der Waals surface area contributed by atoms with E-state index in [1.165, 1.54) is 34.5 Å². The minimum atomic E-state index is -0.261. The Morgan fingerprint density at radius 2 is 1.87 bits per heavy atom. The van der Waals surface area contributed by atoms with Crippen LogP contribution in [-0.2, 0) is 11.3 Å². The molecule has 6 rings (SSSR count). The number of aromatic nitrogens is 2. The standard InChI is InChI=1S/C36H46N8O2/c1-6-32(45)44-21-20-42(22-28(44)15-16-37)35-34-30(38-36(39-35)46-24-29-13-9-17-43(29)25(2)3)23-41(19-18-40(34)5)31-14-8-12-27-11-7-10-26(4)33(27)31/h6-8,10-12,14,25,28-29H,1,9,13,15,17-24H2,2-5H3/t28-,29+/m0/s1. The Kier molecular flexibility index (Phi) is 9.32. The monoisotopic (exact) mass is 622 g/mol. The summed E-state index contributed by atoms with van der Waals surface area (Å²) < 4.78 is 6.47. The van der Waals surface area contributed by atoms with E-state index < -0.39 is 0 Å². The summed E-state index contributed by atoms with van der Waals surface area (Å²) in [6.07, 6.45) is 3.84. The SMILES string of the molecule is C=CC(=O)N1CCN(c2nc(OC[C@H]3CCCN3C(C)C)nc3c2N(C)CCN(c2cccc4cccc(C)c24)C3)C[C@@H]1CC#N. The zero-order valence-electron chi connectivity index (χ0n) is 27.7. The lowest BCUT2D eigenvalue weighted by Crippen LogP contribution is -2.55. The van der Waals surface area contributed by atoms with Crippen LogP contribution >= 0.6 is 0 Å². The Morgan fingerprint density at radius 1 is 1.09 bits per heavy atom. The molecule has 0 spiro atoms. The highest BCUT2D eigenvalue weighted by Crippen LogP contribution is 2.38. The van der Waals surface area contributed by atoms with Gasteiger partial charge in [0.1, 0.15) is 12.3 Å². The maximum Gasteiger partial charge on any atom is 0.318 e. The molecule has 2 atom stereocenters. The van der Waals surface area contributed by atoms with E-state index in [-0.39, 0.29) is 18.4 Å². The van der Waals surface area contributed by atoms with Gasteiger partial charge in [-0.1, -0.05) is 36.9 Å². The molecule has 0 unspecified atom stereocenters. The second kappa shape index (κ2) is 13.6. The van der Waals surface area contributed by atoms with Gasteiger partial charge >= 0.3 is 6.01 Å². The van der Waals surface area contributed by atoms with Gasteiger partial charge in [-0.3, -0.25) is 9.69 Å². The Bertz CT molecular complexity index is 1630. The molecule has 3 aromatic rings. The van der Waals surface area contributed by atoms with Crippen LogP contribution in [0.3, 0.4) is 0 Å². The number of hydrogen-bond donors (Lipinski definition) is 0. The number of amides is 1. The third kappa shape index (κ3) is 6.21. The lowest BCUT2D eigenvalue weighted by atomic mass is 10.0. The van der Waals surface area contributed by atoms with E-state index in [4.69, 9.17) is 14.7 Å². The minimum absolute atomic E-state index is 0.144. The number of nitriles is 1. The predicted molar refractivity (Wildman–Crippen MR) is 184 cm³/mol. The molecule has 4 heterocycles. The lowest BCUT2D eigenvalue weighted by Gasteiger charge is -2.41. The van der Waals surface area contributed by atoms with Crippen molar-refractivity contribution in [3.63, 3.8) is 0 Å². The quantitative estimate of drug-likeness (QED) is 0.330. The van der Waals surface area contributed by atoms with Gasteiger partial charge in [0.05, 0.1) is 30.8 Å². The molecular formula is C36H46N8O2. The first kappa shape index (κ1) is 31.6. The van der Waals surface area contributed by atoms with Gasteiger partial charge in [0.2, 0.25) is 5.91 Å². The molecule has 2 fully saturated rings. The Hall–Kier alpha value is -4.36. The van der Waals surface area contributed by atoms with Crippen molar-refractivity contribution in [2.45, 2.75) is 64.7 Å². The molecule has 0 radical (unpaired) electrons. The average molecular weight is 623 g/mol. The Balaban J connectivity index is 1.39. The number of benzene rings is 2. The van der Waals surface area contributed by atoms with E-state index in [1.54, 1.807) is 4.90 Å². The first-order valence-electron chi connectivity index (χ1n) is 16.6. The van der Waals surface area contributed by atoms with Crippen molar-refractivity contribution in [2.75, 3.05) is 67.6 Å². The molecule has 242 valence electrons. The second-order valence-corrected chi connectivity index (χ2v) is 13.1. The van der Waals surface area contributed by atoms with Gasteiger partial charge in [-0.05, 0) is 63.2 Å². The van der Waals surface area contributed by atoms with Crippen molar-refractivity contribution in [1.82, 2.24) is 19.8 Å². The number of fused-ring (bicyclic) bond motifs is 2. The molecule has 10 heteroatoms. The highest BCUT2D eigenvalue weighted by molar-refractivity contribution is 5.97. The summed E-state index contributed by atoms with van der Waals surface area (Å²) in [5.41, 5.74) is 4.35. The number of hydrogen-bond acceptors (Lipinski definition) is 9. The molecule has 46 heavy (non-hydrogen) atoms. The van der Waals surface area contributed by atoms with Crippen LogP contribution in [0.5, 0.6) is 6.01 Å². The summed E-state index contributed by atoms with van der Waals surface area (Å²) in [5, 5.41) is 12.1. The van der Waals surface area contributed by atoms with Crippen molar-refractivity contribution in [2.24, 2.45) is 0 Å². The summed E-state index contributed by atoms with van der Waals surface area (Å²) >= 11 is 0. The molecule has 3 aliphatic heterocycles. The maximum atomic E-state index is 12.7. The van der Waals surface area contributed by atoms with Crippen LogP contribution in [0.1, 0.15) is 44.4 Å². The molecule has 2 saturated heterocycles. The van der Waals surface area contributed by atoms with Gasteiger partial charge < -0.3 is 24.3 Å². The molecule has 0 bridgehead atoms. The fourth-order valence-corrected chi connectivity index (χ4v) is 7.49. The number of anilines is 3. The van der Waals surface area contributed by atoms with Gasteiger partial charge in [-0.2, -0.15) is 15.2 Å². The highest BCUT2D eigenvalue weighted by atomic mass is 16.5. The third-order valence-corrected chi connectivity index (χ3v) is 9.83. The normalized spacial score (nSPS) is 20.5.